The second-order valence-corrected chi connectivity index (χ2v) is 4.22. The first-order valence-corrected chi connectivity index (χ1v) is 5.77. The van der Waals surface area contributed by atoms with Gasteiger partial charge in [0.25, 0.3) is 0 Å². The first-order valence-electron chi connectivity index (χ1n) is 5.39. The summed E-state index contributed by atoms with van der Waals surface area (Å²) < 4.78 is 5.68. The Kier molecular flexibility index (Phi) is 5.36. The number of hydrogen-bond acceptors (Lipinski definition) is 2. The van der Waals surface area contributed by atoms with Gasteiger partial charge in [-0.3, -0.25) is 0 Å². The van der Waals surface area contributed by atoms with Crippen LogP contribution in [0.2, 0.25) is 5.02 Å². The van der Waals surface area contributed by atoms with Gasteiger partial charge in [0.05, 0.1) is 6.61 Å². The molecule has 0 spiro atoms. The molecule has 0 aliphatic carbocycles. The van der Waals surface area contributed by atoms with Gasteiger partial charge in [-0.05, 0) is 32.0 Å². The van der Waals surface area contributed by atoms with E-state index in [9.17, 15) is 0 Å². The first-order chi connectivity index (χ1) is 7.65. The van der Waals surface area contributed by atoms with Crippen molar-refractivity contribution in [2.45, 2.75) is 19.8 Å². The van der Waals surface area contributed by atoms with Gasteiger partial charge in [0.1, 0.15) is 5.75 Å². The molecule has 88 valence electrons. The topological polar surface area (TPSA) is 35.2 Å². The molecule has 0 unspecified atom stereocenters. The molecule has 0 aliphatic heterocycles. The number of hydrogen-bond donors (Lipinski definition) is 1. The summed E-state index contributed by atoms with van der Waals surface area (Å²) in [6, 6.07) is 5.67. The van der Waals surface area contributed by atoms with E-state index in [-0.39, 0.29) is 0 Å². The molecule has 0 aliphatic rings. The van der Waals surface area contributed by atoms with Crippen molar-refractivity contribution in [3.8, 4) is 5.75 Å². The monoisotopic (exact) mass is 239 g/mol. The second-order valence-electron chi connectivity index (χ2n) is 3.81. The molecule has 3 heteroatoms. The quantitative estimate of drug-likeness (QED) is 0.774. The largest absolute Gasteiger partial charge is 0.493 e. The maximum atomic E-state index is 6.10. The first kappa shape index (κ1) is 13.1. The molecule has 2 N–H and O–H groups in total. The van der Waals surface area contributed by atoms with Gasteiger partial charge in [0, 0.05) is 17.0 Å². The second kappa shape index (κ2) is 6.56. The maximum absolute atomic E-state index is 6.10. The van der Waals surface area contributed by atoms with Gasteiger partial charge in [-0.25, -0.2) is 0 Å². The van der Waals surface area contributed by atoms with Crippen LogP contribution in [0.15, 0.2) is 30.4 Å². The van der Waals surface area contributed by atoms with Crippen LogP contribution in [0, 0.1) is 0 Å². The minimum absolute atomic E-state index is 0.570. The normalized spacial score (nSPS) is 10.2. The average Bonchev–Trinajstić information content (AvgIpc) is 2.22. The van der Waals surface area contributed by atoms with Crippen molar-refractivity contribution in [2.24, 2.45) is 5.73 Å². The average molecular weight is 240 g/mol. The summed E-state index contributed by atoms with van der Waals surface area (Å²) in [5.74, 6) is 0.833. The lowest BCUT2D eigenvalue weighted by atomic mass is 10.1. The van der Waals surface area contributed by atoms with E-state index in [1.165, 1.54) is 0 Å². The van der Waals surface area contributed by atoms with Crippen molar-refractivity contribution in [3.63, 3.8) is 0 Å². The predicted molar refractivity (Wildman–Crippen MR) is 69.1 cm³/mol. The summed E-state index contributed by atoms with van der Waals surface area (Å²) in [5, 5.41) is 0.721. The molecule has 0 saturated heterocycles. The molecule has 0 atom stereocenters. The smallest absolute Gasteiger partial charge is 0.124 e. The Hall–Kier alpha value is -0.990. The zero-order valence-corrected chi connectivity index (χ0v) is 10.4. The Bertz CT molecular complexity index is 363. The highest BCUT2D eigenvalue weighted by atomic mass is 35.5. The summed E-state index contributed by atoms with van der Waals surface area (Å²) in [6.45, 7) is 7.03. The molecule has 0 amide bonds. The molecule has 0 fully saturated rings. The van der Waals surface area contributed by atoms with Crippen molar-refractivity contribution in [3.05, 3.63) is 40.9 Å². The van der Waals surface area contributed by atoms with Gasteiger partial charge in [-0.1, -0.05) is 23.2 Å². The fraction of sp³-hybridized carbons (Fsp3) is 0.385. The van der Waals surface area contributed by atoms with Crippen LogP contribution in [-0.2, 0) is 6.42 Å². The van der Waals surface area contributed by atoms with Crippen molar-refractivity contribution < 1.29 is 4.74 Å². The highest BCUT2D eigenvalue weighted by Crippen LogP contribution is 2.26. The standard InChI is InChI=1S/C13H18ClNO/c1-10(2)7-9-16-13-5-3-4-12(14)11(13)6-8-15/h3-5H,1,6-9,15H2,2H3. The molecular formula is C13H18ClNO. The third-order valence-electron chi connectivity index (χ3n) is 2.26. The van der Waals surface area contributed by atoms with Crippen molar-refractivity contribution >= 4 is 11.6 Å². The van der Waals surface area contributed by atoms with E-state index < -0.39 is 0 Å². The minimum atomic E-state index is 0.570. The summed E-state index contributed by atoms with van der Waals surface area (Å²) in [4.78, 5) is 0. The molecule has 2 nitrogen and oxygen atoms in total. The zero-order valence-electron chi connectivity index (χ0n) is 9.63. The minimum Gasteiger partial charge on any atom is -0.493 e. The molecule has 0 heterocycles. The van der Waals surface area contributed by atoms with E-state index in [1.807, 2.05) is 25.1 Å². The third-order valence-corrected chi connectivity index (χ3v) is 2.61. The highest BCUT2D eigenvalue weighted by molar-refractivity contribution is 6.31. The van der Waals surface area contributed by atoms with Crippen molar-refractivity contribution in [2.75, 3.05) is 13.2 Å². The van der Waals surface area contributed by atoms with E-state index in [0.29, 0.717) is 13.2 Å². The molecule has 0 radical (unpaired) electrons. The van der Waals surface area contributed by atoms with Gasteiger partial charge in [0.2, 0.25) is 0 Å². The SMILES string of the molecule is C=C(C)CCOc1cccc(Cl)c1CCN. The van der Waals surface area contributed by atoms with Gasteiger partial charge < -0.3 is 10.5 Å². The van der Waals surface area contributed by atoms with E-state index in [0.717, 1.165) is 34.8 Å². The number of nitrogens with two attached hydrogens (primary N) is 1. The third kappa shape index (κ3) is 3.87. The molecule has 0 aromatic heterocycles. The number of ether oxygens (including phenoxy) is 1. The van der Waals surface area contributed by atoms with Crippen LogP contribution in [0.5, 0.6) is 5.75 Å². The van der Waals surface area contributed by atoms with Crippen LogP contribution in [0.3, 0.4) is 0 Å². The van der Waals surface area contributed by atoms with Crippen molar-refractivity contribution in [1.82, 2.24) is 0 Å². The number of halogens is 1. The molecule has 1 aromatic carbocycles. The van der Waals surface area contributed by atoms with Crippen LogP contribution in [0.4, 0.5) is 0 Å². The van der Waals surface area contributed by atoms with E-state index in [2.05, 4.69) is 6.58 Å². The summed E-state index contributed by atoms with van der Waals surface area (Å²) >= 11 is 6.10. The van der Waals surface area contributed by atoms with Crippen molar-refractivity contribution in [1.29, 1.82) is 0 Å². The molecular weight excluding hydrogens is 222 g/mol. The van der Waals surface area contributed by atoms with Crippen LogP contribution in [-0.4, -0.2) is 13.2 Å². The Morgan fingerprint density at radius 3 is 2.88 bits per heavy atom. The Morgan fingerprint density at radius 1 is 1.50 bits per heavy atom. The lowest BCUT2D eigenvalue weighted by Crippen LogP contribution is -2.06. The lowest BCUT2D eigenvalue weighted by Gasteiger charge is -2.12. The Balaban J connectivity index is 2.70. The van der Waals surface area contributed by atoms with Gasteiger partial charge >= 0.3 is 0 Å². The number of benzene rings is 1. The van der Waals surface area contributed by atoms with Crippen LogP contribution in [0.25, 0.3) is 0 Å². The summed E-state index contributed by atoms with van der Waals surface area (Å²) in [6.07, 6.45) is 1.59. The van der Waals surface area contributed by atoms with E-state index >= 15 is 0 Å². The van der Waals surface area contributed by atoms with Crippen LogP contribution >= 0.6 is 11.6 Å². The fourth-order valence-corrected chi connectivity index (χ4v) is 1.66. The van der Waals surface area contributed by atoms with E-state index in [4.69, 9.17) is 22.1 Å². The molecule has 16 heavy (non-hydrogen) atoms. The van der Waals surface area contributed by atoms with Gasteiger partial charge in [-0.2, -0.15) is 0 Å². The Morgan fingerprint density at radius 2 is 2.25 bits per heavy atom. The van der Waals surface area contributed by atoms with E-state index in [1.54, 1.807) is 0 Å². The Labute approximate surface area is 102 Å². The molecule has 1 aromatic rings. The highest BCUT2D eigenvalue weighted by Gasteiger charge is 2.07. The molecule has 0 bridgehead atoms. The predicted octanol–water partition coefficient (Wildman–Crippen LogP) is 3.19. The van der Waals surface area contributed by atoms with Crippen LogP contribution < -0.4 is 10.5 Å². The summed E-state index contributed by atoms with van der Waals surface area (Å²) in [7, 11) is 0. The molecule has 1 rings (SSSR count). The summed E-state index contributed by atoms with van der Waals surface area (Å²) in [5.41, 5.74) is 7.65. The zero-order chi connectivity index (χ0) is 12.0. The lowest BCUT2D eigenvalue weighted by molar-refractivity contribution is 0.318. The van der Waals surface area contributed by atoms with Gasteiger partial charge in [-0.15, -0.1) is 6.58 Å². The fourth-order valence-electron chi connectivity index (χ4n) is 1.40. The van der Waals surface area contributed by atoms with Gasteiger partial charge in [0.15, 0.2) is 0 Å². The molecule has 0 saturated carbocycles. The van der Waals surface area contributed by atoms with Crippen LogP contribution in [0.1, 0.15) is 18.9 Å². The maximum Gasteiger partial charge on any atom is 0.124 e. The number of rotatable bonds is 6.